The monoisotopic (exact) mass is 728 g/mol. The van der Waals surface area contributed by atoms with E-state index in [9.17, 15) is 0 Å². The van der Waals surface area contributed by atoms with Crippen molar-refractivity contribution in [2.75, 3.05) is 5.75 Å². The van der Waals surface area contributed by atoms with Crippen LogP contribution in [0.2, 0.25) is 0 Å². The van der Waals surface area contributed by atoms with Crippen molar-refractivity contribution in [1.29, 1.82) is 0 Å². The minimum Gasteiger partial charge on any atom is -0.135 e. The first-order valence-electron chi connectivity index (χ1n) is 18.7. The Balaban J connectivity index is 1.20. The van der Waals surface area contributed by atoms with Gasteiger partial charge in [0.25, 0.3) is 0 Å². The highest BCUT2D eigenvalue weighted by Gasteiger charge is 2.18. The van der Waals surface area contributed by atoms with Crippen molar-refractivity contribution in [3.8, 4) is 0 Å². The number of fused-ring (bicyclic) bond motifs is 7. The van der Waals surface area contributed by atoms with E-state index in [2.05, 4.69) is 177 Å². The van der Waals surface area contributed by atoms with Crippen molar-refractivity contribution in [1.82, 2.24) is 0 Å². The molecule has 9 rings (SSSR count). The van der Waals surface area contributed by atoms with Gasteiger partial charge in [-0.25, -0.2) is 0 Å². The smallest absolute Gasteiger partial charge is 0.0430 e. The van der Waals surface area contributed by atoms with Gasteiger partial charge in [0, 0.05) is 30.8 Å². The minimum atomic E-state index is 0.899. The molecule has 0 radical (unpaired) electrons. The fourth-order valence-corrected chi connectivity index (χ4v) is 10.1. The topological polar surface area (TPSA) is 0 Å². The average Bonchev–Trinajstić information content (AvgIpc) is 3.62. The Morgan fingerprint density at radius 2 is 1.35 bits per heavy atom. The van der Waals surface area contributed by atoms with Gasteiger partial charge in [-0.15, -0.1) is 23.1 Å². The first-order chi connectivity index (χ1) is 26.6. The summed E-state index contributed by atoms with van der Waals surface area (Å²) in [6, 6.07) is 48.8. The molecule has 0 fully saturated rings. The summed E-state index contributed by atoms with van der Waals surface area (Å²) in [5, 5.41) is 7.17. The Morgan fingerprint density at radius 3 is 2.22 bits per heavy atom. The van der Waals surface area contributed by atoms with Crippen molar-refractivity contribution >= 4 is 78.7 Å². The van der Waals surface area contributed by atoms with Crippen molar-refractivity contribution < 1.29 is 0 Å². The van der Waals surface area contributed by atoms with Crippen LogP contribution in [0.1, 0.15) is 40.7 Å². The number of allylic oxidation sites excluding steroid dienone is 5. The molecule has 0 spiro atoms. The van der Waals surface area contributed by atoms with Gasteiger partial charge in [-0.3, -0.25) is 0 Å². The van der Waals surface area contributed by atoms with Gasteiger partial charge in [0.1, 0.15) is 0 Å². The number of hydrogen-bond acceptors (Lipinski definition) is 2. The summed E-state index contributed by atoms with van der Waals surface area (Å²) >= 11 is 3.87. The van der Waals surface area contributed by atoms with E-state index in [0.29, 0.717) is 0 Å². The summed E-state index contributed by atoms with van der Waals surface area (Å²) in [6.07, 6.45) is 16.7. The van der Waals surface area contributed by atoms with Crippen molar-refractivity contribution in [2.45, 2.75) is 24.2 Å². The van der Waals surface area contributed by atoms with Crippen LogP contribution in [0.5, 0.6) is 0 Å². The predicted octanol–water partition coefficient (Wildman–Crippen LogP) is 11.0. The minimum absolute atomic E-state index is 0.899. The summed E-state index contributed by atoms with van der Waals surface area (Å²) in [5.41, 5.74) is 11.3. The van der Waals surface area contributed by atoms with Gasteiger partial charge in [0.2, 0.25) is 0 Å². The second-order valence-corrected chi connectivity index (χ2v) is 16.1. The van der Waals surface area contributed by atoms with E-state index in [1.807, 2.05) is 29.2 Å². The van der Waals surface area contributed by atoms with E-state index in [1.54, 1.807) is 0 Å². The highest BCUT2D eigenvalue weighted by atomic mass is 32.2. The van der Waals surface area contributed by atoms with Crippen LogP contribution in [-0.2, 0) is 6.42 Å². The molecule has 1 aliphatic carbocycles. The van der Waals surface area contributed by atoms with Crippen molar-refractivity contribution in [3.63, 3.8) is 0 Å². The van der Waals surface area contributed by atoms with Gasteiger partial charge in [-0.2, -0.15) is 0 Å². The Kier molecular flexibility index (Phi) is 9.47. The van der Waals surface area contributed by atoms with Crippen LogP contribution < -0.4 is 20.9 Å². The summed E-state index contributed by atoms with van der Waals surface area (Å²) in [6.45, 7) is 8.83. The summed E-state index contributed by atoms with van der Waals surface area (Å²) < 4.78 is 2.72. The largest absolute Gasteiger partial charge is 0.135 e. The molecule has 2 aliphatic rings. The fourth-order valence-electron chi connectivity index (χ4n) is 7.76. The molecule has 2 heterocycles. The second-order valence-electron chi connectivity index (χ2n) is 14.1. The van der Waals surface area contributed by atoms with E-state index < -0.39 is 0 Å². The van der Waals surface area contributed by atoms with Crippen LogP contribution in [0.4, 0.5) is 0 Å². The molecule has 260 valence electrons. The first kappa shape index (κ1) is 34.1. The highest BCUT2D eigenvalue weighted by molar-refractivity contribution is 7.99. The van der Waals surface area contributed by atoms with E-state index in [0.717, 1.165) is 46.6 Å². The van der Waals surface area contributed by atoms with E-state index in [4.69, 9.17) is 0 Å². The zero-order valence-corrected chi connectivity index (χ0v) is 31.9. The third kappa shape index (κ3) is 6.69. The average molecular weight is 729 g/mol. The third-order valence-corrected chi connectivity index (χ3v) is 13.0. The van der Waals surface area contributed by atoms with Crippen LogP contribution in [0.15, 0.2) is 175 Å². The van der Waals surface area contributed by atoms with Gasteiger partial charge >= 0.3 is 0 Å². The van der Waals surface area contributed by atoms with Gasteiger partial charge in [0.15, 0.2) is 0 Å². The fraction of sp³-hybridized carbons (Fsp3) is 0.0769. The molecule has 0 unspecified atom stereocenters. The molecule has 0 saturated heterocycles. The first-order valence-corrected chi connectivity index (χ1v) is 20.5. The van der Waals surface area contributed by atoms with E-state index >= 15 is 0 Å². The SMILES string of the molecule is C=C(/C=c1/ccccc1=C)C1=c2\cccc\c2=C(c2ccc(/C3=C/c4c(ccc5c4sc4ccccc45)Cc4ccccc4SC3)cc2)\C=C\CC\C=C\1. The molecular weight excluding hydrogens is 689 g/mol. The van der Waals surface area contributed by atoms with Gasteiger partial charge in [-0.1, -0.05) is 159 Å². The molecule has 2 heteroatoms. The summed E-state index contributed by atoms with van der Waals surface area (Å²) in [5.74, 6) is 0.899. The molecule has 0 amide bonds. The van der Waals surface area contributed by atoms with Crippen molar-refractivity contribution in [3.05, 3.63) is 219 Å². The van der Waals surface area contributed by atoms with Crippen LogP contribution in [0, 0.1) is 0 Å². The molecule has 1 aromatic heterocycles. The normalized spacial score (nSPS) is 19.0. The molecule has 0 N–H and O–H groups in total. The number of thioether (sulfide) groups is 1. The number of hydrogen-bond donors (Lipinski definition) is 0. The van der Waals surface area contributed by atoms with Gasteiger partial charge < -0.3 is 0 Å². The van der Waals surface area contributed by atoms with Crippen LogP contribution in [0.3, 0.4) is 0 Å². The lowest BCUT2D eigenvalue weighted by Gasteiger charge is -2.12. The molecule has 1 aliphatic heterocycles. The highest BCUT2D eigenvalue weighted by Crippen LogP contribution is 2.41. The number of benzene rings is 6. The zero-order valence-electron chi connectivity index (χ0n) is 30.2. The molecule has 6 aromatic carbocycles. The second kappa shape index (κ2) is 15.0. The third-order valence-electron chi connectivity index (χ3n) is 10.6. The van der Waals surface area contributed by atoms with Crippen LogP contribution in [0.25, 0.3) is 55.6 Å². The molecule has 0 saturated carbocycles. The maximum atomic E-state index is 4.58. The van der Waals surface area contributed by atoms with E-state index in [1.165, 1.54) is 74.5 Å². The Hall–Kier alpha value is -5.67. The number of thiophene rings is 1. The predicted molar refractivity (Wildman–Crippen MR) is 238 cm³/mol. The standard InChI is InChI=1S/C52H40S2/c1-35-15-7-8-16-39(35)31-36(2)43-18-5-3-4-6-19-44(46-21-11-10-20-45(43)46)38-27-25-37(26-28-38)42-33-49-40(32-41-17-9-13-23-50(41)53-34-42)29-30-48-47-22-12-14-24-51(47)54-52(48)49/h5-31,33H,1-4,32,34H2/b18-5+,19-6+,39-31-,42-33+,45-43+,46-44+. The van der Waals surface area contributed by atoms with E-state index in [-0.39, 0.29) is 0 Å². The van der Waals surface area contributed by atoms with Gasteiger partial charge in [0.05, 0.1) is 0 Å². The maximum absolute atomic E-state index is 4.58. The molecular formula is C52H40S2. The van der Waals surface area contributed by atoms with Gasteiger partial charge in [-0.05, 0) is 115 Å². The van der Waals surface area contributed by atoms with Crippen molar-refractivity contribution in [2.24, 2.45) is 0 Å². The lowest BCUT2D eigenvalue weighted by molar-refractivity contribution is 1.05. The molecule has 0 atom stereocenters. The molecule has 54 heavy (non-hydrogen) atoms. The lowest BCUT2D eigenvalue weighted by Crippen LogP contribution is -2.29. The number of rotatable bonds is 4. The van der Waals surface area contributed by atoms with Crippen LogP contribution in [-0.4, -0.2) is 5.75 Å². The maximum Gasteiger partial charge on any atom is 0.0430 e. The quantitative estimate of drug-likeness (QED) is 0.174. The lowest BCUT2D eigenvalue weighted by atomic mass is 9.93. The van der Waals surface area contributed by atoms with Crippen LogP contribution >= 0.6 is 23.1 Å². The Labute approximate surface area is 325 Å². The Bertz CT molecular complexity index is 2930. The summed E-state index contributed by atoms with van der Waals surface area (Å²) in [4.78, 5) is 1.36. The molecule has 0 nitrogen and oxygen atoms in total. The molecule has 7 aromatic rings. The summed E-state index contributed by atoms with van der Waals surface area (Å²) in [7, 11) is 0. The Morgan fingerprint density at radius 1 is 0.630 bits per heavy atom. The zero-order chi connectivity index (χ0) is 36.4. The molecule has 0 bridgehead atoms.